The van der Waals surface area contributed by atoms with Gasteiger partial charge in [0, 0.05) is 6.42 Å². The molecule has 70 valence electrons. The largest absolute Gasteiger partial charge is 0.480 e. The number of nitrogens with two attached hydrogens (primary N) is 1. The first-order valence-electron chi connectivity index (χ1n) is 3.19. The number of carboxylic acid groups (broad SMARTS) is 1. The third-order valence-corrected chi connectivity index (χ3v) is 1.24. The zero-order chi connectivity index (χ0) is 9.72. The van der Waals surface area contributed by atoms with Gasteiger partial charge < -0.3 is 15.6 Å². The van der Waals surface area contributed by atoms with E-state index < -0.39 is 30.6 Å². The number of carbonyl (C=O) groups excluding carboxylic acids is 1. The second kappa shape index (κ2) is 4.66. The highest BCUT2D eigenvalue weighted by Gasteiger charge is 2.24. The Bertz CT molecular complexity index is 184. The van der Waals surface area contributed by atoms with Gasteiger partial charge in [0.25, 0.3) is 0 Å². The summed E-state index contributed by atoms with van der Waals surface area (Å²) in [4.78, 5) is 20.5. The number of hydrogen-bond acceptors (Lipinski definition) is 4. The monoisotopic (exact) mass is 179 g/mol. The van der Waals surface area contributed by atoms with Gasteiger partial charge in [0.1, 0.15) is 6.04 Å². The molecule has 0 aromatic carbocycles. The molecule has 0 amide bonds. The van der Waals surface area contributed by atoms with Crippen molar-refractivity contribution in [3.05, 3.63) is 0 Å². The van der Waals surface area contributed by atoms with E-state index in [1.54, 1.807) is 0 Å². The highest BCUT2D eigenvalue weighted by atomic mass is 19.1. The van der Waals surface area contributed by atoms with Crippen LogP contribution in [0.3, 0.4) is 0 Å². The maximum atomic E-state index is 12.6. The molecule has 0 fully saturated rings. The van der Waals surface area contributed by atoms with Gasteiger partial charge in [-0.2, -0.15) is 0 Å². The number of esters is 1. The normalized spacial score (nSPS) is 14.9. The molecule has 0 aliphatic rings. The Balaban J connectivity index is 3.91. The SMILES string of the molecule is COC(=O)C(F)C[C@H](N)C(=O)O. The average molecular weight is 179 g/mol. The maximum absolute atomic E-state index is 12.6. The van der Waals surface area contributed by atoms with Gasteiger partial charge in [-0.05, 0) is 0 Å². The summed E-state index contributed by atoms with van der Waals surface area (Å²) in [6, 6.07) is -1.38. The van der Waals surface area contributed by atoms with Crippen LogP contribution in [0.15, 0.2) is 0 Å². The van der Waals surface area contributed by atoms with Gasteiger partial charge in [-0.15, -0.1) is 0 Å². The van der Waals surface area contributed by atoms with Crippen molar-refractivity contribution in [3.8, 4) is 0 Å². The number of methoxy groups -OCH3 is 1. The molecule has 0 aliphatic heterocycles. The topological polar surface area (TPSA) is 89.6 Å². The third kappa shape index (κ3) is 3.29. The first-order chi connectivity index (χ1) is 5.49. The van der Waals surface area contributed by atoms with Crippen molar-refractivity contribution < 1.29 is 23.8 Å². The molecule has 2 atom stereocenters. The van der Waals surface area contributed by atoms with Crippen molar-refractivity contribution in [2.75, 3.05) is 7.11 Å². The fourth-order valence-corrected chi connectivity index (χ4v) is 0.548. The van der Waals surface area contributed by atoms with Gasteiger partial charge in [-0.3, -0.25) is 4.79 Å². The molecule has 0 saturated carbocycles. The minimum Gasteiger partial charge on any atom is -0.480 e. The van der Waals surface area contributed by atoms with Crippen molar-refractivity contribution in [1.82, 2.24) is 0 Å². The molecular weight excluding hydrogens is 169 g/mol. The maximum Gasteiger partial charge on any atom is 0.340 e. The van der Waals surface area contributed by atoms with E-state index in [4.69, 9.17) is 10.8 Å². The molecule has 6 heteroatoms. The Morgan fingerprint density at radius 3 is 2.50 bits per heavy atom. The zero-order valence-electron chi connectivity index (χ0n) is 6.49. The summed E-state index contributed by atoms with van der Waals surface area (Å²) >= 11 is 0. The van der Waals surface area contributed by atoms with Crippen LogP contribution in [0.4, 0.5) is 4.39 Å². The number of ether oxygens (including phenoxy) is 1. The summed E-state index contributed by atoms with van der Waals surface area (Å²) < 4.78 is 16.6. The number of carbonyl (C=O) groups is 2. The van der Waals surface area contributed by atoms with E-state index in [1.807, 2.05) is 0 Å². The van der Waals surface area contributed by atoms with Gasteiger partial charge in [-0.1, -0.05) is 0 Å². The number of hydrogen-bond donors (Lipinski definition) is 2. The Morgan fingerprint density at radius 1 is 1.67 bits per heavy atom. The van der Waals surface area contributed by atoms with E-state index in [-0.39, 0.29) is 0 Å². The summed E-state index contributed by atoms with van der Waals surface area (Å²) in [6.07, 6.45) is -2.54. The summed E-state index contributed by atoms with van der Waals surface area (Å²) in [5, 5.41) is 8.24. The molecule has 0 radical (unpaired) electrons. The van der Waals surface area contributed by atoms with Gasteiger partial charge in [0.15, 0.2) is 6.17 Å². The number of carboxylic acids is 1. The Morgan fingerprint density at radius 2 is 2.17 bits per heavy atom. The molecule has 0 aromatic rings. The van der Waals surface area contributed by atoms with Crippen LogP contribution in [0, 0.1) is 0 Å². The van der Waals surface area contributed by atoms with Crippen molar-refractivity contribution in [3.63, 3.8) is 0 Å². The summed E-state index contributed by atoms with van der Waals surface area (Å²) in [6.45, 7) is 0. The number of halogens is 1. The molecule has 5 nitrogen and oxygen atoms in total. The first kappa shape index (κ1) is 10.8. The van der Waals surface area contributed by atoms with Gasteiger partial charge in [-0.25, -0.2) is 9.18 Å². The number of rotatable bonds is 4. The van der Waals surface area contributed by atoms with Crippen LogP contribution in [0.2, 0.25) is 0 Å². The second-order valence-electron chi connectivity index (χ2n) is 2.17. The molecule has 0 heterocycles. The van der Waals surface area contributed by atoms with Gasteiger partial charge >= 0.3 is 11.9 Å². The molecule has 3 N–H and O–H groups in total. The van der Waals surface area contributed by atoms with Crippen LogP contribution in [-0.2, 0) is 14.3 Å². The first-order valence-corrected chi connectivity index (χ1v) is 3.19. The minimum atomic E-state index is -1.97. The molecule has 0 aliphatic carbocycles. The van der Waals surface area contributed by atoms with Crippen LogP contribution >= 0.6 is 0 Å². The van der Waals surface area contributed by atoms with Crippen molar-refractivity contribution in [2.45, 2.75) is 18.6 Å². The van der Waals surface area contributed by atoms with Crippen LogP contribution < -0.4 is 5.73 Å². The van der Waals surface area contributed by atoms with E-state index in [0.717, 1.165) is 7.11 Å². The lowest BCUT2D eigenvalue weighted by Gasteiger charge is -2.08. The Labute approximate surface area is 68.3 Å². The Kier molecular flexibility index (Phi) is 4.20. The molecule has 0 spiro atoms. The van der Waals surface area contributed by atoms with E-state index in [1.165, 1.54) is 0 Å². The lowest BCUT2D eigenvalue weighted by Crippen LogP contribution is -2.35. The zero-order valence-corrected chi connectivity index (χ0v) is 6.49. The third-order valence-electron chi connectivity index (χ3n) is 1.24. The van der Waals surface area contributed by atoms with Crippen LogP contribution in [0.5, 0.6) is 0 Å². The molecule has 1 unspecified atom stereocenters. The molecule has 0 rings (SSSR count). The van der Waals surface area contributed by atoms with Crippen LogP contribution in [0.1, 0.15) is 6.42 Å². The van der Waals surface area contributed by atoms with Crippen molar-refractivity contribution >= 4 is 11.9 Å². The molecule has 0 saturated heterocycles. The van der Waals surface area contributed by atoms with E-state index in [9.17, 15) is 14.0 Å². The summed E-state index contributed by atoms with van der Waals surface area (Å²) in [5.74, 6) is -2.45. The highest BCUT2D eigenvalue weighted by molar-refractivity contribution is 5.77. The Hall–Kier alpha value is -1.17. The molecule has 12 heavy (non-hydrogen) atoms. The van der Waals surface area contributed by atoms with E-state index >= 15 is 0 Å². The minimum absolute atomic E-state index is 0.567. The standard InChI is InChI=1S/C6H10FNO4/c1-12-6(11)3(7)2-4(8)5(9)10/h3-4H,2,8H2,1H3,(H,9,10)/t3?,4-/m0/s1. The predicted molar refractivity (Wildman–Crippen MR) is 37.1 cm³/mol. The summed E-state index contributed by atoms with van der Waals surface area (Å²) in [5.41, 5.74) is 4.96. The van der Waals surface area contributed by atoms with Gasteiger partial charge in [0.05, 0.1) is 7.11 Å². The van der Waals surface area contributed by atoms with Crippen LogP contribution in [-0.4, -0.2) is 36.4 Å². The van der Waals surface area contributed by atoms with Crippen molar-refractivity contribution in [1.29, 1.82) is 0 Å². The predicted octanol–water partition coefficient (Wildman–Crippen LogP) is -0.701. The van der Waals surface area contributed by atoms with Gasteiger partial charge in [0.2, 0.25) is 0 Å². The lowest BCUT2D eigenvalue weighted by molar-refractivity contribution is -0.147. The number of alkyl halides is 1. The van der Waals surface area contributed by atoms with E-state index in [2.05, 4.69) is 4.74 Å². The fraction of sp³-hybridized carbons (Fsp3) is 0.667. The van der Waals surface area contributed by atoms with E-state index in [0.29, 0.717) is 0 Å². The summed E-state index contributed by atoms with van der Waals surface area (Å²) in [7, 11) is 1.02. The second-order valence-corrected chi connectivity index (χ2v) is 2.17. The smallest absolute Gasteiger partial charge is 0.340 e. The molecule has 0 aromatic heterocycles. The average Bonchev–Trinajstić information content (AvgIpc) is 2.02. The molecular formula is C6H10FNO4. The highest BCUT2D eigenvalue weighted by Crippen LogP contribution is 2.02. The molecule has 0 bridgehead atoms. The quantitative estimate of drug-likeness (QED) is 0.557. The fourth-order valence-electron chi connectivity index (χ4n) is 0.548. The van der Waals surface area contributed by atoms with Crippen LogP contribution in [0.25, 0.3) is 0 Å². The number of aliphatic carboxylic acids is 1. The lowest BCUT2D eigenvalue weighted by atomic mass is 10.1. The van der Waals surface area contributed by atoms with Crippen molar-refractivity contribution in [2.24, 2.45) is 5.73 Å².